The number of nitrogens with zero attached hydrogens (tertiary/aromatic N) is 3. The van der Waals surface area contributed by atoms with Crippen LogP contribution in [0, 0.1) is 24.2 Å². The van der Waals surface area contributed by atoms with Crippen LogP contribution >= 0.6 is 0 Å². The summed E-state index contributed by atoms with van der Waals surface area (Å²) >= 11 is 0. The van der Waals surface area contributed by atoms with E-state index in [9.17, 15) is 4.79 Å². The summed E-state index contributed by atoms with van der Waals surface area (Å²) in [4.78, 5) is 19.3. The number of aromatic nitrogens is 2. The molecule has 94 valence electrons. The zero-order chi connectivity index (χ0) is 13.1. The summed E-state index contributed by atoms with van der Waals surface area (Å²) in [5.41, 5.74) is 0.976. The number of aliphatic carboxylic acids is 1. The summed E-state index contributed by atoms with van der Waals surface area (Å²) < 4.78 is 0. The summed E-state index contributed by atoms with van der Waals surface area (Å²) in [5.74, 6) is -0.859. The molecule has 0 spiro atoms. The van der Waals surface area contributed by atoms with E-state index >= 15 is 0 Å². The van der Waals surface area contributed by atoms with Crippen LogP contribution in [0.25, 0.3) is 0 Å². The number of rotatable bonds is 3. The molecule has 1 saturated carbocycles. The summed E-state index contributed by atoms with van der Waals surface area (Å²) in [6.45, 7) is 1.77. The Balaban J connectivity index is 2.16. The molecule has 18 heavy (non-hydrogen) atoms. The first-order chi connectivity index (χ1) is 8.60. The normalized spacial score (nSPS) is 22.4. The van der Waals surface area contributed by atoms with Crippen molar-refractivity contribution >= 4 is 11.9 Å². The Bertz CT molecular complexity index is 509. The summed E-state index contributed by atoms with van der Waals surface area (Å²) in [5, 5.41) is 20.9. The zero-order valence-corrected chi connectivity index (χ0v) is 10.1. The van der Waals surface area contributed by atoms with Crippen molar-refractivity contribution in [3.05, 3.63) is 17.5 Å². The summed E-state index contributed by atoms with van der Waals surface area (Å²) in [6, 6.07) is 3.39. The molecule has 6 heteroatoms. The van der Waals surface area contributed by atoms with Gasteiger partial charge in [0.2, 0.25) is 5.95 Å². The largest absolute Gasteiger partial charge is 0.481 e. The fourth-order valence-electron chi connectivity index (χ4n) is 2.28. The van der Waals surface area contributed by atoms with Crippen molar-refractivity contribution in [1.29, 1.82) is 5.26 Å². The molecule has 0 bridgehead atoms. The third kappa shape index (κ3) is 2.56. The van der Waals surface area contributed by atoms with Gasteiger partial charge >= 0.3 is 5.97 Å². The van der Waals surface area contributed by atoms with Gasteiger partial charge in [0.15, 0.2) is 0 Å². The minimum Gasteiger partial charge on any atom is -0.481 e. The maximum atomic E-state index is 11.1. The Morgan fingerprint density at radius 1 is 1.56 bits per heavy atom. The second-order valence-electron chi connectivity index (χ2n) is 4.46. The molecule has 0 amide bonds. The van der Waals surface area contributed by atoms with Crippen LogP contribution in [0.3, 0.4) is 0 Å². The van der Waals surface area contributed by atoms with Gasteiger partial charge in [-0.3, -0.25) is 4.79 Å². The van der Waals surface area contributed by atoms with Gasteiger partial charge in [-0.15, -0.1) is 0 Å². The van der Waals surface area contributed by atoms with Crippen LogP contribution < -0.4 is 5.32 Å². The van der Waals surface area contributed by atoms with E-state index in [1.807, 2.05) is 6.07 Å². The maximum Gasteiger partial charge on any atom is 0.308 e. The Labute approximate surface area is 105 Å². The number of carboxylic acids is 1. The van der Waals surface area contributed by atoms with Crippen molar-refractivity contribution in [3.63, 3.8) is 0 Å². The van der Waals surface area contributed by atoms with Crippen molar-refractivity contribution in [2.75, 3.05) is 5.32 Å². The number of nitrogens with one attached hydrogen (secondary N) is 1. The smallest absolute Gasteiger partial charge is 0.308 e. The molecule has 0 aromatic carbocycles. The third-order valence-electron chi connectivity index (χ3n) is 3.12. The topological polar surface area (TPSA) is 98.9 Å². The highest BCUT2D eigenvalue weighted by Crippen LogP contribution is 2.28. The number of aryl methyl sites for hydroxylation is 1. The minimum absolute atomic E-state index is 0.157. The van der Waals surface area contributed by atoms with Crippen molar-refractivity contribution in [2.24, 2.45) is 5.92 Å². The van der Waals surface area contributed by atoms with Gasteiger partial charge < -0.3 is 10.4 Å². The molecule has 1 aromatic heterocycles. The van der Waals surface area contributed by atoms with Crippen molar-refractivity contribution < 1.29 is 9.90 Å². The highest BCUT2D eigenvalue weighted by Gasteiger charge is 2.33. The molecular weight excluding hydrogens is 232 g/mol. The predicted molar refractivity (Wildman–Crippen MR) is 63.9 cm³/mol. The van der Waals surface area contributed by atoms with Gasteiger partial charge in [0, 0.05) is 11.7 Å². The molecule has 2 unspecified atom stereocenters. The molecule has 1 heterocycles. The van der Waals surface area contributed by atoms with Crippen LogP contribution in [0.15, 0.2) is 6.07 Å². The predicted octanol–water partition coefficient (Wildman–Crippen LogP) is 1.32. The van der Waals surface area contributed by atoms with Crippen LogP contribution in [-0.4, -0.2) is 27.1 Å². The van der Waals surface area contributed by atoms with Crippen molar-refractivity contribution in [1.82, 2.24) is 9.97 Å². The second kappa shape index (κ2) is 5.00. The van der Waals surface area contributed by atoms with Gasteiger partial charge in [0.25, 0.3) is 0 Å². The van der Waals surface area contributed by atoms with Crippen LogP contribution in [0.2, 0.25) is 0 Å². The third-order valence-corrected chi connectivity index (χ3v) is 3.12. The number of anilines is 1. The Hall–Kier alpha value is -2.16. The first-order valence-corrected chi connectivity index (χ1v) is 5.85. The van der Waals surface area contributed by atoms with Crippen LogP contribution in [0.1, 0.15) is 30.7 Å². The fraction of sp³-hybridized carbons (Fsp3) is 0.500. The lowest BCUT2D eigenvalue weighted by atomic mass is 10.0. The SMILES string of the molecule is Cc1cc(C#N)nc(NC2CCCC2C(=O)O)n1. The fourth-order valence-corrected chi connectivity index (χ4v) is 2.28. The molecule has 0 aliphatic heterocycles. The van der Waals surface area contributed by atoms with Gasteiger partial charge in [0.1, 0.15) is 11.8 Å². The van der Waals surface area contributed by atoms with Crippen molar-refractivity contribution in [2.45, 2.75) is 32.2 Å². The Morgan fingerprint density at radius 2 is 2.33 bits per heavy atom. The van der Waals surface area contributed by atoms with Crippen LogP contribution in [0.4, 0.5) is 5.95 Å². The van der Waals surface area contributed by atoms with E-state index in [2.05, 4.69) is 15.3 Å². The van der Waals surface area contributed by atoms with Gasteiger partial charge in [-0.05, 0) is 25.8 Å². The van der Waals surface area contributed by atoms with Crippen molar-refractivity contribution in [3.8, 4) is 6.07 Å². The van der Waals surface area contributed by atoms with Gasteiger partial charge in [-0.1, -0.05) is 6.42 Å². The van der Waals surface area contributed by atoms with Gasteiger partial charge in [0.05, 0.1) is 5.92 Å². The number of hydrogen-bond donors (Lipinski definition) is 2. The Morgan fingerprint density at radius 3 is 3.00 bits per heavy atom. The minimum atomic E-state index is -0.793. The molecule has 1 fully saturated rings. The van der Waals surface area contributed by atoms with E-state index in [1.165, 1.54) is 0 Å². The van der Waals surface area contributed by atoms with Crippen LogP contribution in [0.5, 0.6) is 0 Å². The number of hydrogen-bond acceptors (Lipinski definition) is 5. The standard InChI is InChI=1S/C12H14N4O2/c1-7-5-8(6-13)15-12(14-7)16-10-4-2-3-9(10)11(17)18/h5,9-10H,2-4H2,1H3,(H,17,18)(H,14,15,16). The second-order valence-corrected chi connectivity index (χ2v) is 4.46. The highest BCUT2D eigenvalue weighted by molar-refractivity contribution is 5.72. The molecule has 1 aliphatic carbocycles. The average molecular weight is 246 g/mol. The molecule has 0 saturated heterocycles. The molecular formula is C12H14N4O2. The number of nitriles is 1. The van der Waals surface area contributed by atoms with E-state index < -0.39 is 11.9 Å². The number of carboxylic acid groups (broad SMARTS) is 1. The highest BCUT2D eigenvalue weighted by atomic mass is 16.4. The molecule has 2 N–H and O–H groups in total. The quantitative estimate of drug-likeness (QED) is 0.834. The zero-order valence-electron chi connectivity index (χ0n) is 10.1. The molecule has 2 atom stereocenters. The van der Waals surface area contributed by atoms with E-state index in [1.54, 1.807) is 13.0 Å². The molecule has 6 nitrogen and oxygen atoms in total. The monoisotopic (exact) mass is 246 g/mol. The van der Waals surface area contributed by atoms with Crippen LogP contribution in [-0.2, 0) is 4.79 Å². The molecule has 1 aromatic rings. The van der Waals surface area contributed by atoms with E-state index in [0.717, 1.165) is 12.8 Å². The van der Waals surface area contributed by atoms with E-state index in [-0.39, 0.29) is 11.7 Å². The lowest BCUT2D eigenvalue weighted by Crippen LogP contribution is -2.30. The maximum absolute atomic E-state index is 11.1. The first kappa shape index (κ1) is 12.3. The van der Waals surface area contributed by atoms with E-state index in [4.69, 9.17) is 10.4 Å². The Kier molecular flexibility index (Phi) is 3.42. The first-order valence-electron chi connectivity index (χ1n) is 5.85. The summed E-state index contributed by atoms with van der Waals surface area (Å²) in [6.07, 6.45) is 2.34. The lowest BCUT2D eigenvalue weighted by molar-refractivity contribution is -0.141. The van der Waals surface area contributed by atoms with E-state index in [0.29, 0.717) is 18.1 Å². The lowest BCUT2D eigenvalue weighted by Gasteiger charge is -2.17. The molecule has 2 rings (SSSR count). The molecule has 1 aliphatic rings. The van der Waals surface area contributed by atoms with Gasteiger partial charge in [-0.2, -0.15) is 5.26 Å². The van der Waals surface area contributed by atoms with Gasteiger partial charge in [-0.25, -0.2) is 9.97 Å². The molecule has 0 radical (unpaired) electrons. The summed E-state index contributed by atoms with van der Waals surface area (Å²) in [7, 11) is 0. The average Bonchev–Trinajstić information content (AvgIpc) is 2.76. The number of carbonyl (C=O) groups is 1.